The molecule has 0 aliphatic carbocycles. The third-order valence-electron chi connectivity index (χ3n) is 3.74. The largest absolute Gasteiger partial charge is 0.494 e. The minimum atomic E-state index is -3.80. The van der Waals surface area contributed by atoms with Gasteiger partial charge in [-0.3, -0.25) is 8.93 Å². The predicted molar refractivity (Wildman–Crippen MR) is 111 cm³/mol. The van der Waals surface area contributed by atoms with Crippen molar-refractivity contribution in [3.05, 3.63) is 53.1 Å². The summed E-state index contributed by atoms with van der Waals surface area (Å²) in [6.45, 7) is 4.81. The van der Waals surface area contributed by atoms with Crippen LogP contribution in [0.4, 0.5) is 5.69 Å². The third-order valence-corrected chi connectivity index (χ3v) is 6.19. The number of rotatable bonds is 9. The minimum absolute atomic E-state index is 0.110. The number of anilines is 1. The Morgan fingerprint density at radius 3 is 2.41 bits per heavy atom. The monoisotopic (exact) mass is 429 g/mol. The van der Waals surface area contributed by atoms with Gasteiger partial charge >= 0.3 is 0 Å². The fourth-order valence-electron chi connectivity index (χ4n) is 2.31. The van der Waals surface area contributed by atoms with Crippen LogP contribution in [-0.2, 0) is 26.6 Å². The Balaban J connectivity index is 2.13. The van der Waals surface area contributed by atoms with Gasteiger partial charge in [-0.2, -0.15) is 0 Å². The van der Waals surface area contributed by atoms with Gasteiger partial charge < -0.3 is 4.74 Å². The van der Waals surface area contributed by atoms with Crippen molar-refractivity contribution >= 4 is 38.1 Å². The predicted octanol–water partition coefficient (Wildman–Crippen LogP) is 4.44. The molecule has 27 heavy (non-hydrogen) atoms. The van der Waals surface area contributed by atoms with Gasteiger partial charge in [-0.05, 0) is 54.3 Å². The van der Waals surface area contributed by atoms with Gasteiger partial charge in [-0.15, -0.1) is 0 Å². The van der Waals surface area contributed by atoms with E-state index >= 15 is 0 Å². The smallest absolute Gasteiger partial charge is 0.261 e. The van der Waals surface area contributed by atoms with Crippen LogP contribution in [0.1, 0.15) is 25.8 Å². The molecule has 0 aliphatic heterocycles. The second-order valence-corrected chi connectivity index (χ2v) is 10.2. The van der Waals surface area contributed by atoms with E-state index in [1.807, 2.05) is 0 Å². The first-order valence-corrected chi connectivity index (χ1v) is 12.1. The van der Waals surface area contributed by atoms with Crippen LogP contribution in [0.3, 0.4) is 0 Å². The van der Waals surface area contributed by atoms with Gasteiger partial charge in [0.15, 0.2) is 0 Å². The van der Waals surface area contributed by atoms with Crippen LogP contribution in [0.5, 0.6) is 5.75 Å². The lowest BCUT2D eigenvalue weighted by Crippen LogP contribution is -2.13. The molecule has 0 spiro atoms. The summed E-state index contributed by atoms with van der Waals surface area (Å²) < 4.78 is 44.8. The lowest BCUT2D eigenvalue weighted by molar-refractivity contribution is 0.289. The van der Waals surface area contributed by atoms with E-state index in [1.54, 1.807) is 36.6 Å². The molecule has 0 radical (unpaired) electrons. The van der Waals surface area contributed by atoms with E-state index in [0.29, 0.717) is 24.0 Å². The fourth-order valence-corrected chi connectivity index (χ4v) is 4.25. The summed E-state index contributed by atoms with van der Waals surface area (Å²) >= 11 is 6.11. The first-order valence-electron chi connectivity index (χ1n) is 8.51. The Hall–Kier alpha value is -1.57. The van der Waals surface area contributed by atoms with Gasteiger partial charge in [-0.25, -0.2) is 8.42 Å². The molecule has 0 bridgehead atoms. The molecular weight excluding hydrogens is 406 g/mol. The van der Waals surface area contributed by atoms with Crippen molar-refractivity contribution in [2.45, 2.75) is 30.9 Å². The Bertz CT molecular complexity index is 896. The highest BCUT2D eigenvalue weighted by atomic mass is 35.5. The van der Waals surface area contributed by atoms with Crippen LogP contribution >= 0.6 is 11.6 Å². The van der Waals surface area contributed by atoms with Crippen molar-refractivity contribution in [2.24, 2.45) is 5.92 Å². The molecule has 2 aromatic carbocycles. The SMILES string of the molecule is CC(C)CCOc1ccc(S(=O)(=O)Nc2cc(C[S@](C)=O)ccc2Cl)cc1. The van der Waals surface area contributed by atoms with E-state index in [9.17, 15) is 12.6 Å². The Kier molecular flexibility index (Phi) is 7.70. The molecular formula is C19H24ClNO4S2. The van der Waals surface area contributed by atoms with E-state index in [0.717, 1.165) is 12.0 Å². The normalized spacial score (nSPS) is 12.8. The van der Waals surface area contributed by atoms with E-state index in [-0.39, 0.29) is 15.6 Å². The highest BCUT2D eigenvalue weighted by molar-refractivity contribution is 7.92. The first-order chi connectivity index (χ1) is 12.7. The topological polar surface area (TPSA) is 72.5 Å². The molecule has 2 aromatic rings. The van der Waals surface area contributed by atoms with Gasteiger partial charge in [0, 0.05) is 22.8 Å². The molecule has 1 atom stereocenters. The standard InChI is InChI=1S/C19H24ClNO4S2/c1-14(2)10-11-25-16-5-7-17(8-6-16)27(23,24)21-19-12-15(13-26(3)22)4-9-18(19)20/h4-9,12,14,21H,10-11,13H2,1-3H3/t26-/m0/s1. The third kappa shape index (κ3) is 6.83. The van der Waals surface area contributed by atoms with Crippen molar-refractivity contribution in [2.75, 3.05) is 17.6 Å². The Labute approximate surface area is 168 Å². The van der Waals surface area contributed by atoms with Crippen molar-refractivity contribution in [3.8, 4) is 5.75 Å². The van der Waals surface area contributed by atoms with Crippen molar-refractivity contribution in [1.29, 1.82) is 0 Å². The molecule has 0 saturated heterocycles. The molecule has 5 nitrogen and oxygen atoms in total. The Morgan fingerprint density at radius 2 is 1.81 bits per heavy atom. The summed E-state index contributed by atoms with van der Waals surface area (Å²) in [5.74, 6) is 1.49. The van der Waals surface area contributed by atoms with Gasteiger partial charge in [0.25, 0.3) is 10.0 Å². The lowest BCUT2D eigenvalue weighted by Gasteiger charge is -2.12. The van der Waals surface area contributed by atoms with Crippen LogP contribution in [0, 0.1) is 5.92 Å². The maximum absolute atomic E-state index is 12.6. The number of halogens is 1. The number of nitrogens with one attached hydrogen (secondary N) is 1. The summed E-state index contributed by atoms with van der Waals surface area (Å²) in [4.78, 5) is 0.110. The summed E-state index contributed by atoms with van der Waals surface area (Å²) in [7, 11) is -4.83. The molecule has 0 unspecified atom stereocenters. The van der Waals surface area contributed by atoms with Crippen LogP contribution < -0.4 is 9.46 Å². The van der Waals surface area contributed by atoms with Crippen LogP contribution in [-0.4, -0.2) is 25.5 Å². The molecule has 0 saturated carbocycles. The highest BCUT2D eigenvalue weighted by Gasteiger charge is 2.16. The van der Waals surface area contributed by atoms with E-state index in [4.69, 9.17) is 16.3 Å². The van der Waals surface area contributed by atoms with E-state index in [2.05, 4.69) is 18.6 Å². The second kappa shape index (κ2) is 9.57. The average Bonchev–Trinajstić information content (AvgIpc) is 2.57. The first kappa shape index (κ1) is 21.7. The maximum atomic E-state index is 12.6. The summed E-state index contributed by atoms with van der Waals surface area (Å²) in [5, 5.41) is 0.276. The maximum Gasteiger partial charge on any atom is 0.261 e. The van der Waals surface area contributed by atoms with Gasteiger partial charge in [0.2, 0.25) is 0 Å². The zero-order valence-electron chi connectivity index (χ0n) is 15.6. The van der Waals surface area contributed by atoms with E-state index < -0.39 is 20.8 Å². The van der Waals surface area contributed by atoms with Crippen molar-refractivity contribution < 1.29 is 17.4 Å². The lowest BCUT2D eigenvalue weighted by atomic mass is 10.1. The van der Waals surface area contributed by atoms with E-state index in [1.165, 1.54) is 12.1 Å². The molecule has 2 rings (SSSR count). The second-order valence-electron chi connectivity index (χ2n) is 6.64. The van der Waals surface area contributed by atoms with Crippen molar-refractivity contribution in [3.63, 3.8) is 0 Å². The Morgan fingerprint density at radius 1 is 1.15 bits per heavy atom. The molecule has 8 heteroatoms. The molecule has 0 heterocycles. The molecule has 1 N–H and O–H groups in total. The molecule has 0 amide bonds. The highest BCUT2D eigenvalue weighted by Crippen LogP contribution is 2.27. The fraction of sp³-hybridized carbons (Fsp3) is 0.368. The van der Waals surface area contributed by atoms with Crippen molar-refractivity contribution in [1.82, 2.24) is 0 Å². The summed E-state index contributed by atoms with van der Waals surface area (Å²) in [5.41, 5.74) is 1.00. The number of hydrogen-bond donors (Lipinski definition) is 1. The number of benzene rings is 2. The molecule has 148 valence electrons. The van der Waals surface area contributed by atoms with Crippen LogP contribution in [0.2, 0.25) is 5.02 Å². The quantitative estimate of drug-likeness (QED) is 0.639. The number of sulfonamides is 1. The molecule has 0 aliphatic rings. The van der Waals surface area contributed by atoms with Gasteiger partial charge in [0.1, 0.15) is 5.75 Å². The average molecular weight is 430 g/mol. The molecule has 0 fully saturated rings. The number of hydrogen-bond acceptors (Lipinski definition) is 4. The number of ether oxygens (including phenoxy) is 1. The van der Waals surface area contributed by atoms with Gasteiger partial charge in [-0.1, -0.05) is 31.5 Å². The van der Waals surface area contributed by atoms with Gasteiger partial charge in [0.05, 0.1) is 22.2 Å². The summed E-state index contributed by atoms with van der Waals surface area (Å²) in [6.07, 6.45) is 2.52. The molecule has 0 aromatic heterocycles. The zero-order valence-corrected chi connectivity index (χ0v) is 18.0. The summed E-state index contributed by atoms with van der Waals surface area (Å²) in [6, 6.07) is 11.2. The van der Waals surface area contributed by atoms with Crippen LogP contribution in [0.25, 0.3) is 0 Å². The van der Waals surface area contributed by atoms with Crippen LogP contribution in [0.15, 0.2) is 47.4 Å². The minimum Gasteiger partial charge on any atom is -0.494 e. The zero-order chi connectivity index (χ0) is 20.0.